The van der Waals surface area contributed by atoms with Crippen molar-refractivity contribution in [2.45, 2.75) is 13.3 Å². The summed E-state index contributed by atoms with van der Waals surface area (Å²) in [6.45, 7) is 2.68. The minimum Gasteiger partial charge on any atom is -0.493 e. The Bertz CT molecular complexity index is 614. The highest BCUT2D eigenvalue weighted by atomic mass is 16.5. The SMILES string of the molecule is Cc1ccccc1C(=O)c1ccc2c(c1)CCO2. The van der Waals surface area contributed by atoms with Crippen molar-refractivity contribution in [2.75, 3.05) is 6.61 Å². The molecular formula is C16H14O2. The number of benzene rings is 2. The predicted molar refractivity (Wildman–Crippen MR) is 70.3 cm³/mol. The lowest BCUT2D eigenvalue weighted by molar-refractivity contribution is 0.103. The molecule has 2 aromatic rings. The van der Waals surface area contributed by atoms with Crippen LogP contribution in [-0.2, 0) is 6.42 Å². The number of hydrogen-bond acceptors (Lipinski definition) is 2. The molecule has 90 valence electrons. The van der Waals surface area contributed by atoms with Crippen LogP contribution in [0.3, 0.4) is 0 Å². The van der Waals surface area contributed by atoms with E-state index in [1.54, 1.807) is 0 Å². The van der Waals surface area contributed by atoms with Gasteiger partial charge in [0.25, 0.3) is 0 Å². The van der Waals surface area contributed by atoms with Gasteiger partial charge in [0.2, 0.25) is 0 Å². The molecule has 0 atom stereocenters. The summed E-state index contributed by atoms with van der Waals surface area (Å²) in [5, 5.41) is 0. The van der Waals surface area contributed by atoms with E-state index in [0.717, 1.165) is 41.0 Å². The first kappa shape index (κ1) is 11.0. The molecule has 2 aromatic carbocycles. The van der Waals surface area contributed by atoms with Crippen LogP contribution in [0.4, 0.5) is 0 Å². The Labute approximate surface area is 106 Å². The third-order valence-corrected chi connectivity index (χ3v) is 3.34. The normalized spacial score (nSPS) is 12.9. The van der Waals surface area contributed by atoms with Gasteiger partial charge in [-0.25, -0.2) is 0 Å². The van der Waals surface area contributed by atoms with Crippen LogP contribution in [0.2, 0.25) is 0 Å². The van der Waals surface area contributed by atoms with Crippen molar-refractivity contribution in [1.82, 2.24) is 0 Å². The van der Waals surface area contributed by atoms with Crippen LogP contribution in [0.1, 0.15) is 27.0 Å². The Kier molecular flexibility index (Phi) is 2.63. The van der Waals surface area contributed by atoms with E-state index in [1.807, 2.05) is 49.4 Å². The van der Waals surface area contributed by atoms with Crippen molar-refractivity contribution in [1.29, 1.82) is 0 Å². The molecule has 1 heterocycles. The van der Waals surface area contributed by atoms with E-state index in [9.17, 15) is 4.79 Å². The van der Waals surface area contributed by atoms with Crippen LogP contribution in [0.5, 0.6) is 5.75 Å². The lowest BCUT2D eigenvalue weighted by atomic mass is 9.97. The molecule has 0 unspecified atom stereocenters. The standard InChI is InChI=1S/C16H14O2/c1-11-4-2-3-5-14(11)16(17)13-6-7-15-12(10-13)8-9-18-15/h2-7,10H,8-9H2,1H3. The van der Waals surface area contributed by atoms with Gasteiger partial charge < -0.3 is 4.74 Å². The molecule has 1 aliphatic rings. The molecule has 2 heteroatoms. The molecule has 0 saturated heterocycles. The molecule has 18 heavy (non-hydrogen) atoms. The highest BCUT2D eigenvalue weighted by molar-refractivity contribution is 6.10. The highest BCUT2D eigenvalue weighted by Crippen LogP contribution is 2.27. The molecule has 0 aromatic heterocycles. The highest BCUT2D eigenvalue weighted by Gasteiger charge is 2.16. The summed E-state index contributed by atoms with van der Waals surface area (Å²) in [7, 11) is 0. The van der Waals surface area contributed by atoms with Crippen molar-refractivity contribution < 1.29 is 9.53 Å². The van der Waals surface area contributed by atoms with Gasteiger partial charge in [0.15, 0.2) is 5.78 Å². The van der Waals surface area contributed by atoms with E-state index < -0.39 is 0 Å². The van der Waals surface area contributed by atoms with Gasteiger partial charge in [0.1, 0.15) is 5.75 Å². The van der Waals surface area contributed by atoms with E-state index >= 15 is 0 Å². The number of ketones is 1. The first-order valence-electron chi connectivity index (χ1n) is 6.12. The maximum absolute atomic E-state index is 12.4. The summed E-state index contributed by atoms with van der Waals surface area (Å²) >= 11 is 0. The molecule has 0 saturated carbocycles. The Hall–Kier alpha value is -2.09. The average Bonchev–Trinajstić information content (AvgIpc) is 2.85. The maximum Gasteiger partial charge on any atom is 0.193 e. The van der Waals surface area contributed by atoms with Crippen LogP contribution < -0.4 is 4.74 Å². The maximum atomic E-state index is 12.4. The average molecular weight is 238 g/mol. The van der Waals surface area contributed by atoms with Crippen molar-refractivity contribution in [3.8, 4) is 5.75 Å². The first-order valence-corrected chi connectivity index (χ1v) is 6.12. The number of hydrogen-bond donors (Lipinski definition) is 0. The number of carbonyl (C=O) groups excluding carboxylic acids is 1. The van der Waals surface area contributed by atoms with Gasteiger partial charge in [-0.05, 0) is 36.2 Å². The second kappa shape index (κ2) is 4.30. The second-order valence-corrected chi connectivity index (χ2v) is 4.57. The monoisotopic (exact) mass is 238 g/mol. The fourth-order valence-corrected chi connectivity index (χ4v) is 2.31. The Morgan fingerprint density at radius 3 is 2.83 bits per heavy atom. The van der Waals surface area contributed by atoms with Crippen LogP contribution >= 0.6 is 0 Å². The Morgan fingerprint density at radius 2 is 2.00 bits per heavy atom. The van der Waals surface area contributed by atoms with E-state index in [-0.39, 0.29) is 5.78 Å². The van der Waals surface area contributed by atoms with Gasteiger partial charge in [0, 0.05) is 17.5 Å². The molecule has 0 N–H and O–H groups in total. The number of ether oxygens (including phenoxy) is 1. The molecule has 0 spiro atoms. The fourth-order valence-electron chi connectivity index (χ4n) is 2.31. The zero-order valence-electron chi connectivity index (χ0n) is 10.3. The number of aryl methyl sites for hydroxylation is 1. The quantitative estimate of drug-likeness (QED) is 0.751. The molecule has 0 fully saturated rings. The third kappa shape index (κ3) is 1.80. The summed E-state index contributed by atoms with van der Waals surface area (Å²) in [5.41, 5.74) is 3.67. The van der Waals surface area contributed by atoms with Crippen LogP contribution in [0.15, 0.2) is 42.5 Å². The minimum absolute atomic E-state index is 0.0859. The molecule has 3 rings (SSSR count). The van der Waals surface area contributed by atoms with Crippen molar-refractivity contribution in [3.63, 3.8) is 0 Å². The van der Waals surface area contributed by atoms with E-state index in [0.29, 0.717) is 0 Å². The fraction of sp³-hybridized carbons (Fsp3) is 0.188. The Balaban J connectivity index is 2.01. The van der Waals surface area contributed by atoms with E-state index in [2.05, 4.69) is 0 Å². The zero-order valence-corrected chi connectivity index (χ0v) is 10.3. The van der Waals surface area contributed by atoms with Gasteiger partial charge >= 0.3 is 0 Å². The van der Waals surface area contributed by atoms with Gasteiger partial charge in [0.05, 0.1) is 6.61 Å². The van der Waals surface area contributed by atoms with Gasteiger partial charge in [-0.3, -0.25) is 4.79 Å². The van der Waals surface area contributed by atoms with Crippen molar-refractivity contribution in [3.05, 3.63) is 64.7 Å². The number of carbonyl (C=O) groups is 1. The molecule has 0 aliphatic carbocycles. The summed E-state index contributed by atoms with van der Waals surface area (Å²) in [4.78, 5) is 12.4. The lowest BCUT2D eigenvalue weighted by Crippen LogP contribution is -2.03. The molecule has 2 nitrogen and oxygen atoms in total. The van der Waals surface area contributed by atoms with E-state index in [1.165, 1.54) is 0 Å². The lowest BCUT2D eigenvalue weighted by Gasteiger charge is -2.06. The number of rotatable bonds is 2. The smallest absolute Gasteiger partial charge is 0.193 e. The van der Waals surface area contributed by atoms with Crippen molar-refractivity contribution >= 4 is 5.78 Å². The number of fused-ring (bicyclic) bond motifs is 1. The third-order valence-electron chi connectivity index (χ3n) is 3.34. The van der Waals surface area contributed by atoms with Crippen molar-refractivity contribution in [2.24, 2.45) is 0 Å². The largest absolute Gasteiger partial charge is 0.493 e. The summed E-state index contributed by atoms with van der Waals surface area (Å²) < 4.78 is 5.45. The molecular weight excluding hydrogens is 224 g/mol. The molecule has 0 bridgehead atoms. The predicted octanol–water partition coefficient (Wildman–Crippen LogP) is 3.16. The topological polar surface area (TPSA) is 26.3 Å². The molecule has 0 amide bonds. The van der Waals surface area contributed by atoms with E-state index in [4.69, 9.17) is 4.74 Å². The minimum atomic E-state index is 0.0859. The van der Waals surface area contributed by atoms with Crippen LogP contribution in [0, 0.1) is 6.92 Å². The summed E-state index contributed by atoms with van der Waals surface area (Å²) in [5.74, 6) is 0.999. The summed E-state index contributed by atoms with van der Waals surface area (Å²) in [6.07, 6.45) is 0.893. The van der Waals surface area contributed by atoms with Crippen LogP contribution in [0.25, 0.3) is 0 Å². The molecule has 0 radical (unpaired) electrons. The first-order chi connectivity index (χ1) is 8.75. The second-order valence-electron chi connectivity index (χ2n) is 4.57. The van der Waals surface area contributed by atoms with Crippen LogP contribution in [-0.4, -0.2) is 12.4 Å². The van der Waals surface area contributed by atoms with Gasteiger partial charge in [-0.2, -0.15) is 0 Å². The Morgan fingerprint density at radius 1 is 1.17 bits per heavy atom. The van der Waals surface area contributed by atoms with Gasteiger partial charge in [-0.1, -0.05) is 24.3 Å². The van der Waals surface area contributed by atoms with Gasteiger partial charge in [-0.15, -0.1) is 0 Å². The summed E-state index contributed by atoms with van der Waals surface area (Å²) in [6, 6.07) is 13.4. The molecule has 1 aliphatic heterocycles. The zero-order chi connectivity index (χ0) is 12.5.